The van der Waals surface area contributed by atoms with E-state index in [4.69, 9.17) is 4.98 Å². The van der Waals surface area contributed by atoms with E-state index >= 15 is 0 Å². The second kappa shape index (κ2) is 27.7. The van der Waals surface area contributed by atoms with Gasteiger partial charge in [-0.05, 0) is 162 Å². The average Bonchev–Trinajstić information content (AvgIpc) is 0.720. The second-order valence-electron chi connectivity index (χ2n) is 25.4. The Morgan fingerprint density at radius 2 is 0.687 bits per heavy atom. The van der Waals surface area contributed by atoms with Gasteiger partial charge in [0.25, 0.3) is 0 Å². The number of benzene rings is 14. The first-order valence-electron chi connectivity index (χ1n) is 33.4. The van der Waals surface area contributed by atoms with Crippen molar-refractivity contribution in [3.63, 3.8) is 0 Å². The third-order valence-corrected chi connectivity index (χ3v) is 19.2. The van der Waals surface area contributed by atoms with Crippen molar-refractivity contribution in [2.75, 3.05) is 0 Å². The Labute approximate surface area is 592 Å². The fraction of sp³-hybridized carbons (Fsp3) is 0.0316. The van der Waals surface area contributed by atoms with Crippen LogP contribution < -0.4 is 0 Å². The minimum absolute atomic E-state index is 0. The first kappa shape index (κ1) is 63.3. The molecule has 17 rings (SSSR count). The van der Waals surface area contributed by atoms with Crippen molar-refractivity contribution in [3.05, 3.63) is 387 Å². The number of aromatic nitrogens is 2. The Kier molecular flexibility index (Phi) is 17.7. The molecule has 14 aromatic carbocycles. The van der Waals surface area contributed by atoms with Gasteiger partial charge in [0.15, 0.2) is 0 Å². The summed E-state index contributed by atoms with van der Waals surface area (Å²) < 4.78 is 14.4. The molecule has 0 fully saturated rings. The molecule has 2 heterocycles. The van der Waals surface area contributed by atoms with Crippen molar-refractivity contribution < 1.29 is 24.5 Å². The van der Waals surface area contributed by atoms with E-state index in [0.717, 1.165) is 139 Å². The number of nitrogens with zero attached hydrogens (tertiary/aromatic N) is 2. The largest absolute Gasteiger partial charge is 0.305 e. The standard InChI is InChI=1S/C77H52N.C18H13FN.Ir/c1-6-21-54(22-7-1)58-36-44-63(45-37-58)72-73(64-46-38-59(39-47-64)55-23-8-2-9-24-55)75(62-29-14-5-15-30-62)77(70-34-17-16-33-69(70)67-31-20-32-68(53-67)71-35-18-19-52-78-71)76(66-50-42-61(43-51-66)57-27-12-4-13-28-57)74(72)65-48-40-60(41-49-65)56-25-10-3-11-26-56;1-18(2)13-7-3-5-11-9-10-20-17(15(11)13)12-6-4-8-14(19)16(12)18;/h1-31,33-53H;3-5,7-10H,1-2H3;/q2*-1;. The quantitative estimate of drug-likeness (QED) is 0.114. The van der Waals surface area contributed by atoms with Gasteiger partial charge in [0.05, 0.1) is 0 Å². The molecule has 0 spiro atoms. The molecule has 0 unspecified atom stereocenters. The molecule has 0 saturated carbocycles. The third kappa shape index (κ3) is 12.3. The van der Waals surface area contributed by atoms with Crippen LogP contribution in [0.1, 0.15) is 25.0 Å². The molecular weight excluding hydrogens is 1380 g/mol. The van der Waals surface area contributed by atoms with Gasteiger partial charge < -0.3 is 9.97 Å². The molecule has 0 amide bonds. The molecule has 2 nitrogen and oxygen atoms in total. The monoisotopic (exact) mass is 1450 g/mol. The van der Waals surface area contributed by atoms with Crippen LogP contribution in [0.2, 0.25) is 0 Å². The van der Waals surface area contributed by atoms with Crippen LogP contribution in [0.15, 0.2) is 358 Å². The maximum absolute atomic E-state index is 14.4. The van der Waals surface area contributed by atoms with Crippen LogP contribution in [0.25, 0.3) is 156 Å². The first-order valence-corrected chi connectivity index (χ1v) is 33.4. The molecule has 0 atom stereocenters. The number of pyridine rings is 2. The Hall–Kier alpha value is -11.8. The minimum Gasteiger partial charge on any atom is -0.305 e. The van der Waals surface area contributed by atoms with Crippen LogP contribution in [-0.2, 0) is 25.5 Å². The van der Waals surface area contributed by atoms with E-state index in [0.29, 0.717) is 5.56 Å². The van der Waals surface area contributed by atoms with Crippen molar-refractivity contribution in [1.29, 1.82) is 0 Å². The van der Waals surface area contributed by atoms with E-state index in [-0.39, 0.29) is 31.3 Å². The molecule has 4 heteroatoms. The summed E-state index contributed by atoms with van der Waals surface area (Å²) in [5.41, 5.74) is 30.1. The Bertz CT molecular complexity index is 5510. The fourth-order valence-electron chi connectivity index (χ4n) is 14.5. The summed E-state index contributed by atoms with van der Waals surface area (Å²) in [6, 6.07) is 130. The topological polar surface area (TPSA) is 25.8 Å². The van der Waals surface area contributed by atoms with Gasteiger partial charge >= 0.3 is 0 Å². The predicted octanol–water partition coefficient (Wildman–Crippen LogP) is 25.4. The zero-order valence-electron chi connectivity index (χ0n) is 54.7. The molecule has 2 aromatic heterocycles. The van der Waals surface area contributed by atoms with Crippen LogP contribution in [-0.4, -0.2) is 9.97 Å². The fourth-order valence-corrected chi connectivity index (χ4v) is 14.5. The molecule has 16 aromatic rings. The number of rotatable bonds is 12. The van der Waals surface area contributed by atoms with Crippen molar-refractivity contribution in [2.45, 2.75) is 19.3 Å². The summed E-state index contributed by atoms with van der Waals surface area (Å²) in [6.07, 6.45) is 3.63. The molecule has 1 aliphatic rings. The molecule has 99 heavy (non-hydrogen) atoms. The second-order valence-corrected chi connectivity index (χ2v) is 25.4. The summed E-state index contributed by atoms with van der Waals surface area (Å²) in [6.45, 7) is 4.13. The minimum atomic E-state index is -0.382. The Balaban J connectivity index is 0.000000323. The van der Waals surface area contributed by atoms with E-state index < -0.39 is 0 Å². The zero-order valence-corrected chi connectivity index (χ0v) is 57.1. The third-order valence-electron chi connectivity index (χ3n) is 19.2. The van der Waals surface area contributed by atoms with Crippen molar-refractivity contribution >= 4 is 10.8 Å². The SMILES string of the molecule is CC1(C)c2c([c-]ccc2F)-c2nccc3cccc1c23.[Ir].[c-]1ccc(-c2ccccc2-c2c(-c3ccccc3)c(-c3ccc(-c4ccccc4)cc3)c(-c3ccc(-c4ccccc4)cc3)c(-c3ccc(-c4ccccc4)cc3)c2-c2ccc(-c3ccccc3)cc2)cc1-c1ccccn1. The Morgan fingerprint density at radius 3 is 1.14 bits per heavy atom. The maximum Gasteiger partial charge on any atom is 0.0459 e. The summed E-state index contributed by atoms with van der Waals surface area (Å²) in [7, 11) is 0. The van der Waals surface area contributed by atoms with E-state index in [1.807, 2.05) is 36.5 Å². The van der Waals surface area contributed by atoms with Crippen LogP contribution in [0.4, 0.5) is 4.39 Å². The van der Waals surface area contributed by atoms with Crippen LogP contribution in [0.3, 0.4) is 0 Å². The molecule has 1 radical (unpaired) electrons. The number of halogens is 1. The number of hydrogen-bond donors (Lipinski definition) is 0. The molecule has 473 valence electrons. The van der Waals surface area contributed by atoms with Gasteiger partial charge in [-0.15, -0.1) is 59.2 Å². The van der Waals surface area contributed by atoms with Crippen molar-refractivity contribution in [1.82, 2.24) is 9.97 Å². The Morgan fingerprint density at radius 1 is 0.303 bits per heavy atom. The molecule has 0 N–H and O–H groups in total. The summed E-state index contributed by atoms with van der Waals surface area (Å²) in [4.78, 5) is 9.26. The van der Waals surface area contributed by atoms with Gasteiger partial charge in [-0.3, -0.25) is 0 Å². The van der Waals surface area contributed by atoms with Gasteiger partial charge in [0.1, 0.15) is 0 Å². The van der Waals surface area contributed by atoms with E-state index in [9.17, 15) is 4.39 Å². The van der Waals surface area contributed by atoms with Crippen molar-refractivity contribution in [3.8, 4) is 145 Å². The summed E-state index contributed by atoms with van der Waals surface area (Å²) in [5.74, 6) is -0.183. The van der Waals surface area contributed by atoms with Crippen LogP contribution >= 0.6 is 0 Å². The summed E-state index contributed by atoms with van der Waals surface area (Å²) in [5, 5.41) is 2.26. The molecule has 0 saturated heterocycles. The van der Waals surface area contributed by atoms with Crippen LogP contribution in [0, 0.1) is 17.9 Å². The number of hydrogen-bond acceptors (Lipinski definition) is 2. The van der Waals surface area contributed by atoms with Gasteiger partial charge in [-0.25, -0.2) is 4.39 Å². The zero-order chi connectivity index (χ0) is 65.9. The molecule has 0 bridgehead atoms. The average molecular weight is 1450 g/mol. The van der Waals surface area contributed by atoms with Gasteiger partial charge in [-0.1, -0.05) is 323 Å². The van der Waals surface area contributed by atoms with Crippen molar-refractivity contribution in [2.24, 2.45) is 0 Å². The normalized spacial score (nSPS) is 11.8. The van der Waals surface area contributed by atoms with Gasteiger partial charge in [0, 0.05) is 38.3 Å². The van der Waals surface area contributed by atoms with E-state index in [1.165, 1.54) is 28.3 Å². The predicted molar refractivity (Wildman–Crippen MR) is 406 cm³/mol. The molecule has 0 aliphatic heterocycles. The first-order chi connectivity index (χ1) is 48.3. The van der Waals surface area contributed by atoms with Crippen LogP contribution in [0.5, 0.6) is 0 Å². The van der Waals surface area contributed by atoms with Gasteiger partial charge in [0.2, 0.25) is 0 Å². The smallest absolute Gasteiger partial charge is 0.0459 e. The van der Waals surface area contributed by atoms with Gasteiger partial charge in [-0.2, -0.15) is 0 Å². The van der Waals surface area contributed by atoms with E-state index in [2.05, 4.69) is 334 Å². The summed E-state index contributed by atoms with van der Waals surface area (Å²) >= 11 is 0. The number of fused-ring (bicyclic) bond motifs is 2. The maximum atomic E-state index is 14.4. The van der Waals surface area contributed by atoms with E-state index in [1.54, 1.807) is 12.3 Å². The molecular formula is C95H65FIrN2-2. The molecule has 1 aliphatic carbocycles.